The second-order valence-electron chi connectivity index (χ2n) is 6.79. The molecule has 0 atom stereocenters. The maximum Gasteiger partial charge on any atom is 0.252 e. The first kappa shape index (κ1) is 20.5. The predicted octanol–water partition coefficient (Wildman–Crippen LogP) is 3.44. The van der Waals surface area contributed by atoms with Crippen LogP contribution in [-0.4, -0.2) is 32.8 Å². The van der Waals surface area contributed by atoms with Gasteiger partial charge < -0.3 is 10.1 Å². The Morgan fingerprint density at radius 2 is 2.03 bits per heavy atom. The van der Waals surface area contributed by atoms with E-state index in [-0.39, 0.29) is 23.8 Å². The number of amides is 1. The van der Waals surface area contributed by atoms with Crippen molar-refractivity contribution in [2.45, 2.75) is 19.8 Å². The fourth-order valence-corrected chi connectivity index (χ4v) is 3.75. The molecule has 3 heterocycles. The van der Waals surface area contributed by atoms with E-state index < -0.39 is 0 Å². The van der Waals surface area contributed by atoms with Crippen molar-refractivity contribution in [1.82, 2.24) is 19.7 Å². The molecule has 0 aliphatic rings. The molecule has 0 radical (unpaired) electrons. The Kier molecular flexibility index (Phi) is 5.94. The van der Waals surface area contributed by atoms with Gasteiger partial charge in [-0.25, -0.2) is 4.98 Å². The van der Waals surface area contributed by atoms with Gasteiger partial charge in [-0.05, 0) is 35.6 Å². The molecule has 4 aromatic rings. The summed E-state index contributed by atoms with van der Waals surface area (Å²) in [6.45, 7) is 1.92. The van der Waals surface area contributed by atoms with Crippen molar-refractivity contribution in [2.75, 3.05) is 12.4 Å². The molecule has 0 bridgehead atoms. The van der Waals surface area contributed by atoms with Gasteiger partial charge in [0, 0.05) is 17.8 Å². The highest BCUT2D eigenvalue weighted by Crippen LogP contribution is 2.27. The molecule has 2 N–H and O–H groups in total. The SMILES string of the molecule is CCc1cc(=O)[nH]c(-n2nc(-c3cccs3)cc2NC(=O)Cc2ccc(OC)cc2)n1. The van der Waals surface area contributed by atoms with Gasteiger partial charge >= 0.3 is 0 Å². The summed E-state index contributed by atoms with van der Waals surface area (Å²) in [4.78, 5) is 32.9. The number of aromatic amines is 1. The van der Waals surface area contributed by atoms with Gasteiger partial charge in [0.05, 0.1) is 18.4 Å². The largest absolute Gasteiger partial charge is 0.497 e. The zero-order valence-corrected chi connectivity index (χ0v) is 17.9. The second kappa shape index (κ2) is 8.97. The van der Waals surface area contributed by atoms with E-state index in [1.54, 1.807) is 13.2 Å². The third-order valence-electron chi connectivity index (χ3n) is 4.62. The fourth-order valence-electron chi connectivity index (χ4n) is 3.07. The molecule has 8 nitrogen and oxygen atoms in total. The molecule has 1 amide bonds. The van der Waals surface area contributed by atoms with Crippen molar-refractivity contribution in [3.63, 3.8) is 0 Å². The molecule has 4 rings (SSSR count). The van der Waals surface area contributed by atoms with E-state index in [9.17, 15) is 9.59 Å². The smallest absolute Gasteiger partial charge is 0.252 e. The van der Waals surface area contributed by atoms with Crippen LogP contribution in [0.1, 0.15) is 18.2 Å². The summed E-state index contributed by atoms with van der Waals surface area (Å²) in [5, 5.41) is 9.44. The van der Waals surface area contributed by atoms with E-state index >= 15 is 0 Å². The minimum absolute atomic E-state index is 0.183. The van der Waals surface area contributed by atoms with Gasteiger partial charge in [0.1, 0.15) is 17.3 Å². The summed E-state index contributed by atoms with van der Waals surface area (Å²) in [6, 6.07) is 14.4. The Labute approximate surface area is 182 Å². The fraction of sp³-hybridized carbons (Fsp3) is 0.182. The molecule has 158 valence electrons. The third kappa shape index (κ3) is 4.72. The second-order valence-corrected chi connectivity index (χ2v) is 7.74. The molecule has 3 aromatic heterocycles. The number of rotatable bonds is 7. The van der Waals surface area contributed by atoms with Gasteiger partial charge in [-0.1, -0.05) is 25.1 Å². The maximum absolute atomic E-state index is 12.7. The third-order valence-corrected chi connectivity index (χ3v) is 5.51. The number of benzene rings is 1. The van der Waals surface area contributed by atoms with E-state index in [2.05, 4.69) is 20.4 Å². The lowest BCUT2D eigenvalue weighted by Gasteiger charge is -2.09. The van der Waals surface area contributed by atoms with Gasteiger partial charge in [0.15, 0.2) is 0 Å². The standard InChI is InChI=1S/C22H21N5O3S/c1-3-15-12-21(29)25-22(23-15)27-19(13-17(26-27)18-5-4-10-31-18)24-20(28)11-14-6-8-16(30-2)9-7-14/h4-10,12-13H,3,11H2,1-2H3,(H,24,28)(H,23,25,29). The van der Waals surface area contributed by atoms with Crippen molar-refractivity contribution in [1.29, 1.82) is 0 Å². The number of hydrogen-bond acceptors (Lipinski definition) is 6. The summed E-state index contributed by atoms with van der Waals surface area (Å²) in [5.74, 6) is 1.21. The average molecular weight is 436 g/mol. The minimum atomic E-state index is -0.273. The van der Waals surface area contributed by atoms with Crippen LogP contribution in [0, 0.1) is 0 Å². The monoisotopic (exact) mass is 435 g/mol. The van der Waals surface area contributed by atoms with Gasteiger partial charge in [-0.15, -0.1) is 11.3 Å². The van der Waals surface area contributed by atoms with Crippen molar-refractivity contribution < 1.29 is 9.53 Å². The summed E-state index contributed by atoms with van der Waals surface area (Å²) >= 11 is 1.54. The van der Waals surface area contributed by atoms with Gasteiger partial charge in [0.25, 0.3) is 5.56 Å². The van der Waals surface area contributed by atoms with E-state index in [1.165, 1.54) is 22.1 Å². The lowest BCUT2D eigenvalue weighted by molar-refractivity contribution is -0.115. The molecule has 0 spiro atoms. The number of aryl methyl sites for hydroxylation is 1. The van der Waals surface area contributed by atoms with Crippen molar-refractivity contribution >= 4 is 23.1 Å². The highest BCUT2D eigenvalue weighted by atomic mass is 32.1. The Bertz CT molecular complexity index is 1240. The van der Waals surface area contributed by atoms with Crippen LogP contribution in [0.4, 0.5) is 5.82 Å². The maximum atomic E-state index is 12.7. The van der Waals surface area contributed by atoms with Crippen molar-refractivity contribution in [2.24, 2.45) is 0 Å². The first-order valence-corrected chi connectivity index (χ1v) is 10.6. The predicted molar refractivity (Wildman–Crippen MR) is 120 cm³/mol. The van der Waals surface area contributed by atoms with Gasteiger partial charge in [-0.3, -0.25) is 14.6 Å². The molecule has 0 fully saturated rings. The normalized spacial score (nSPS) is 10.8. The topological polar surface area (TPSA) is 102 Å². The number of thiophene rings is 1. The quantitative estimate of drug-likeness (QED) is 0.463. The Morgan fingerprint density at radius 3 is 2.71 bits per heavy atom. The Balaban J connectivity index is 1.66. The number of nitrogens with one attached hydrogen (secondary N) is 2. The molecular formula is C22H21N5O3S. The van der Waals surface area contributed by atoms with Crippen LogP contribution in [0.5, 0.6) is 5.75 Å². The van der Waals surface area contributed by atoms with Gasteiger partial charge in [0.2, 0.25) is 11.9 Å². The van der Waals surface area contributed by atoms with Crippen LogP contribution in [-0.2, 0) is 17.6 Å². The zero-order valence-electron chi connectivity index (χ0n) is 17.1. The molecule has 9 heteroatoms. The number of carbonyl (C=O) groups excluding carboxylic acids is 1. The van der Waals surface area contributed by atoms with Crippen LogP contribution in [0.25, 0.3) is 16.5 Å². The van der Waals surface area contributed by atoms with Gasteiger partial charge in [-0.2, -0.15) is 9.78 Å². The van der Waals surface area contributed by atoms with Crippen LogP contribution >= 0.6 is 11.3 Å². The van der Waals surface area contributed by atoms with Crippen LogP contribution in [0.2, 0.25) is 0 Å². The molecule has 0 saturated heterocycles. The Morgan fingerprint density at radius 1 is 1.23 bits per heavy atom. The van der Waals surface area contributed by atoms with E-state index in [0.29, 0.717) is 23.6 Å². The molecule has 1 aromatic carbocycles. The number of methoxy groups -OCH3 is 1. The number of aromatic nitrogens is 4. The van der Waals surface area contributed by atoms with E-state index in [0.717, 1.165) is 16.2 Å². The molecule has 31 heavy (non-hydrogen) atoms. The van der Waals surface area contributed by atoms with Crippen molar-refractivity contribution in [3.05, 3.63) is 75.5 Å². The number of nitrogens with zero attached hydrogens (tertiary/aromatic N) is 3. The first-order valence-electron chi connectivity index (χ1n) is 9.73. The lowest BCUT2D eigenvalue weighted by Crippen LogP contribution is -2.20. The van der Waals surface area contributed by atoms with Crippen LogP contribution in [0.15, 0.2) is 58.7 Å². The summed E-state index contributed by atoms with van der Waals surface area (Å²) in [5.41, 5.74) is 1.90. The van der Waals surface area contributed by atoms with Crippen molar-refractivity contribution in [3.8, 4) is 22.3 Å². The molecular weight excluding hydrogens is 414 g/mol. The van der Waals surface area contributed by atoms with Crippen LogP contribution < -0.4 is 15.6 Å². The molecule has 0 saturated carbocycles. The molecule has 0 aliphatic carbocycles. The van der Waals surface area contributed by atoms with E-state index in [4.69, 9.17) is 4.74 Å². The first-order chi connectivity index (χ1) is 15.1. The zero-order chi connectivity index (χ0) is 21.8. The highest BCUT2D eigenvalue weighted by molar-refractivity contribution is 7.13. The Hall–Kier alpha value is -3.72. The minimum Gasteiger partial charge on any atom is -0.497 e. The highest BCUT2D eigenvalue weighted by Gasteiger charge is 2.16. The average Bonchev–Trinajstić information content (AvgIpc) is 3.44. The number of ether oxygens (including phenoxy) is 1. The number of anilines is 1. The molecule has 0 unspecified atom stereocenters. The van der Waals surface area contributed by atoms with E-state index in [1.807, 2.05) is 48.7 Å². The number of H-pyrrole nitrogens is 1. The number of hydrogen-bond donors (Lipinski definition) is 2. The molecule has 0 aliphatic heterocycles. The summed E-state index contributed by atoms with van der Waals surface area (Å²) < 4.78 is 6.61. The summed E-state index contributed by atoms with van der Waals surface area (Å²) in [7, 11) is 1.60. The van der Waals surface area contributed by atoms with Crippen LogP contribution in [0.3, 0.4) is 0 Å². The summed E-state index contributed by atoms with van der Waals surface area (Å²) in [6.07, 6.45) is 0.789. The number of carbonyl (C=O) groups is 1. The lowest BCUT2D eigenvalue weighted by atomic mass is 10.1.